The zero-order chi connectivity index (χ0) is 22.0. The van der Waals surface area contributed by atoms with Crippen LogP contribution in [0.1, 0.15) is 25.5 Å². The van der Waals surface area contributed by atoms with E-state index in [-0.39, 0.29) is 48.4 Å². The molecule has 0 aromatic carbocycles. The number of carbonyl (C=O) groups excluding carboxylic acids is 2. The Morgan fingerprint density at radius 3 is 2.97 bits per heavy atom. The first kappa shape index (κ1) is 22.3. The number of esters is 1. The summed E-state index contributed by atoms with van der Waals surface area (Å²) in [6, 6.07) is 3.94. The van der Waals surface area contributed by atoms with E-state index in [4.69, 9.17) is 14.2 Å². The van der Waals surface area contributed by atoms with Gasteiger partial charge in [0.1, 0.15) is 12.7 Å². The summed E-state index contributed by atoms with van der Waals surface area (Å²) in [6.45, 7) is 3.91. The third kappa shape index (κ3) is 4.80. The van der Waals surface area contributed by atoms with Crippen LogP contribution in [-0.4, -0.2) is 61.5 Å². The average molecular weight is 493 g/mol. The highest BCUT2D eigenvalue weighted by atomic mass is 79.9. The number of ether oxygens (including phenoxy) is 3. The first-order valence-electron chi connectivity index (χ1n) is 10.9. The minimum Gasteiger partial charge on any atom is -0.462 e. The molecular formula is C23H29BrN2O5. The van der Waals surface area contributed by atoms with Crippen LogP contribution in [0.3, 0.4) is 0 Å². The monoisotopic (exact) mass is 492 g/mol. The van der Waals surface area contributed by atoms with E-state index in [1.54, 1.807) is 18.2 Å². The fraction of sp³-hybridized carbons (Fsp3) is 0.609. The number of hydrogen-bond donors (Lipinski definition) is 0. The fourth-order valence-corrected chi connectivity index (χ4v) is 5.76. The van der Waals surface area contributed by atoms with Crippen LogP contribution < -0.4 is 0 Å². The molecule has 1 aromatic heterocycles. The summed E-state index contributed by atoms with van der Waals surface area (Å²) in [7, 11) is 1.58. The number of fused-ring (bicyclic) bond motifs is 2. The molecule has 6 atom stereocenters. The third-order valence-electron chi connectivity index (χ3n) is 6.91. The highest BCUT2D eigenvalue weighted by Crippen LogP contribution is 2.51. The molecule has 3 heterocycles. The molecule has 0 N–H and O–H groups in total. The highest BCUT2D eigenvalue weighted by Gasteiger charge is 2.54. The molecule has 1 aromatic rings. The maximum atomic E-state index is 12.6. The predicted molar refractivity (Wildman–Crippen MR) is 118 cm³/mol. The van der Waals surface area contributed by atoms with Gasteiger partial charge >= 0.3 is 12.1 Å². The second-order valence-corrected chi connectivity index (χ2v) is 9.58. The third-order valence-corrected chi connectivity index (χ3v) is 7.38. The van der Waals surface area contributed by atoms with E-state index in [1.807, 2.05) is 19.1 Å². The lowest BCUT2D eigenvalue weighted by molar-refractivity contribution is -0.144. The lowest BCUT2D eigenvalue weighted by Crippen LogP contribution is -2.51. The molecule has 7 nitrogen and oxygen atoms in total. The summed E-state index contributed by atoms with van der Waals surface area (Å²) in [4.78, 5) is 31.2. The van der Waals surface area contributed by atoms with Crippen LogP contribution in [0.15, 0.2) is 28.9 Å². The van der Waals surface area contributed by atoms with Gasteiger partial charge in [-0.1, -0.05) is 6.08 Å². The largest absolute Gasteiger partial charge is 0.462 e. The van der Waals surface area contributed by atoms with Crippen molar-refractivity contribution in [2.24, 2.45) is 29.6 Å². The summed E-state index contributed by atoms with van der Waals surface area (Å²) in [6.07, 6.45) is 7.31. The molecule has 3 fully saturated rings. The number of halogens is 1. The topological polar surface area (TPSA) is 78.0 Å². The van der Waals surface area contributed by atoms with Crippen molar-refractivity contribution in [1.29, 1.82) is 0 Å². The average Bonchev–Trinajstić information content (AvgIpc) is 3.05. The molecule has 1 amide bonds. The zero-order valence-electron chi connectivity index (χ0n) is 17.9. The molecule has 0 unspecified atom stereocenters. The number of pyridine rings is 1. The van der Waals surface area contributed by atoms with E-state index in [9.17, 15) is 9.59 Å². The molecular weight excluding hydrogens is 464 g/mol. The molecule has 0 radical (unpaired) electrons. The number of hydrogen-bond acceptors (Lipinski definition) is 6. The van der Waals surface area contributed by atoms with Crippen molar-refractivity contribution in [2.45, 2.75) is 25.9 Å². The maximum absolute atomic E-state index is 12.6. The van der Waals surface area contributed by atoms with Gasteiger partial charge in [0.15, 0.2) is 0 Å². The number of allylic oxidation sites excluding steroid dienone is 1. The Morgan fingerprint density at radius 1 is 1.39 bits per heavy atom. The van der Waals surface area contributed by atoms with Gasteiger partial charge < -0.3 is 19.1 Å². The summed E-state index contributed by atoms with van der Waals surface area (Å²) >= 11 is 3.42. The van der Waals surface area contributed by atoms with Crippen molar-refractivity contribution >= 4 is 34.1 Å². The first-order valence-corrected chi connectivity index (χ1v) is 11.7. The smallest absolute Gasteiger partial charge is 0.409 e. The van der Waals surface area contributed by atoms with Crippen molar-refractivity contribution in [3.8, 4) is 0 Å². The molecule has 0 bridgehead atoms. The Kier molecular flexibility index (Phi) is 6.96. The number of rotatable bonds is 5. The molecule has 3 aliphatic rings. The molecule has 1 saturated carbocycles. The number of likely N-dealkylation sites (tertiary alicyclic amines) is 1. The fourth-order valence-electron chi connectivity index (χ4n) is 5.52. The van der Waals surface area contributed by atoms with E-state index in [0.717, 1.165) is 23.0 Å². The van der Waals surface area contributed by atoms with Gasteiger partial charge in [-0.05, 0) is 71.7 Å². The SMILES string of the molecule is COCCOC(=O)N1CC[C@@H]2[C@H](C[C@H]3C(=O)O[C@H](C)[C@H]3[C@H]2/C=C/c2ccc(Br)cn2)C1. The number of carbonyl (C=O) groups is 2. The Labute approximate surface area is 191 Å². The quantitative estimate of drug-likeness (QED) is 0.459. The minimum atomic E-state index is -0.300. The Bertz CT molecular complexity index is 830. The lowest BCUT2D eigenvalue weighted by atomic mass is 9.59. The van der Waals surface area contributed by atoms with E-state index in [0.29, 0.717) is 25.6 Å². The van der Waals surface area contributed by atoms with Gasteiger partial charge in [-0.3, -0.25) is 9.78 Å². The minimum absolute atomic E-state index is 0.0944. The van der Waals surface area contributed by atoms with Crippen LogP contribution in [0, 0.1) is 29.6 Å². The van der Waals surface area contributed by atoms with E-state index < -0.39 is 0 Å². The molecule has 31 heavy (non-hydrogen) atoms. The second-order valence-electron chi connectivity index (χ2n) is 8.67. The summed E-state index contributed by atoms with van der Waals surface area (Å²) in [5.41, 5.74) is 0.888. The Balaban J connectivity index is 1.52. The number of piperidine rings is 1. The van der Waals surface area contributed by atoms with Crippen molar-refractivity contribution in [1.82, 2.24) is 9.88 Å². The Morgan fingerprint density at radius 2 is 2.23 bits per heavy atom. The van der Waals surface area contributed by atoms with Gasteiger partial charge in [0.25, 0.3) is 0 Å². The van der Waals surface area contributed by atoms with Crippen molar-refractivity contribution in [3.63, 3.8) is 0 Å². The van der Waals surface area contributed by atoms with Crippen LogP contribution in [-0.2, 0) is 19.0 Å². The van der Waals surface area contributed by atoms with Crippen LogP contribution in [0.25, 0.3) is 6.08 Å². The first-order chi connectivity index (χ1) is 15.0. The standard InChI is InChI=1S/C23H29BrN2O5/c1-14-21-19(6-5-17-4-3-16(24)12-25-17)18-7-8-26(23(28)30-10-9-29-2)13-15(18)11-20(21)22(27)31-14/h3-6,12,14-15,18-21H,7-11,13H2,1-2H3/b6-5+/t14-,15-,18-,19+,20-,21+/m1/s1. The number of cyclic esters (lactones) is 1. The summed E-state index contributed by atoms with van der Waals surface area (Å²) < 4.78 is 16.8. The number of methoxy groups -OCH3 is 1. The van der Waals surface area contributed by atoms with Crippen LogP contribution in [0.2, 0.25) is 0 Å². The summed E-state index contributed by atoms with van der Waals surface area (Å²) in [5, 5.41) is 0. The van der Waals surface area contributed by atoms with Crippen molar-refractivity contribution in [3.05, 3.63) is 34.6 Å². The van der Waals surface area contributed by atoms with E-state index >= 15 is 0 Å². The van der Waals surface area contributed by atoms with Gasteiger partial charge in [0.2, 0.25) is 0 Å². The molecule has 2 aliphatic heterocycles. The van der Waals surface area contributed by atoms with Crippen LogP contribution in [0.4, 0.5) is 4.79 Å². The molecule has 1 aliphatic carbocycles. The predicted octanol–water partition coefficient (Wildman–Crippen LogP) is 3.78. The van der Waals surface area contributed by atoms with Gasteiger partial charge in [0, 0.05) is 36.8 Å². The number of aromatic nitrogens is 1. The van der Waals surface area contributed by atoms with Gasteiger partial charge in [0.05, 0.1) is 18.2 Å². The maximum Gasteiger partial charge on any atom is 0.409 e. The van der Waals surface area contributed by atoms with Crippen molar-refractivity contribution < 1.29 is 23.8 Å². The zero-order valence-corrected chi connectivity index (χ0v) is 19.5. The van der Waals surface area contributed by atoms with Crippen LogP contribution in [0.5, 0.6) is 0 Å². The Hall–Kier alpha value is -1.93. The number of nitrogens with zero attached hydrogens (tertiary/aromatic N) is 2. The summed E-state index contributed by atoms with van der Waals surface area (Å²) in [5.74, 6) is 0.801. The second kappa shape index (κ2) is 9.69. The van der Waals surface area contributed by atoms with Gasteiger partial charge in [-0.15, -0.1) is 0 Å². The van der Waals surface area contributed by atoms with Gasteiger partial charge in [-0.25, -0.2) is 4.79 Å². The highest BCUT2D eigenvalue weighted by molar-refractivity contribution is 9.10. The van der Waals surface area contributed by atoms with Crippen LogP contribution >= 0.6 is 15.9 Å². The normalized spacial score (nSPS) is 32.5. The van der Waals surface area contributed by atoms with Gasteiger partial charge in [-0.2, -0.15) is 0 Å². The molecule has 0 spiro atoms. The van der Waals surface area contributed by atoms with E-state index in [1.165, 1.54) is 0 Å². The van der Waals surface area contributed by atoms with Crippen molar-refractivity contribution in [2.75, 3.05) is 33.4 Å². The lowest BCUT2D eigenvalue weighted by Gasteiger charge is -2.48. The molecule has 8 heteroatoms. The molecule has 168 valence electrons. The number of amides is 1. The van der Waals surface area contributed by atoms with E-state index in [2.05, 4.69) is 33.1 Å². The molecule has 4 rings (SSSR count). The molecule has 2 saturated heterocycles.